The molecule has 1 aliphatic carbocycles. The van der Waals surface area contributed by atoms with E-state index in [0.717, 1.165) is 46.5 Å². The largest absolute Gasteiger partial charge is 0.247 e. The monoisotopic (exact) mass is 958 g/mol. The van der Waals surface area contributed by atoms with Gasteiger partial charge >= 0.3 is 0 Å². The molecule has 0 fully saturated rings. The van der Waals surface area contributed by atoms with E-state index in [0.29, 0.717) is 0 Å². The van der Waals surface area contributed by atoms with E-state index < -0.39 is 0 Å². The number of nitrogens with zero attached hydrogens (tertiary/aromatic N) is 1. The van der Waals surface area contributed by atoms with E-state index in [2.05, 4.69) is 225 Å². The van der Waals surface area contributed by atoms with E-state index in [1.54, 1.807) is 11.1 Å². The van der Waals surface area contributed by atoms with E-state index in [9.17, 15) is 0 Å². The summed E-state index contributed by atoms with van der Waals surface area (Å²) in [5.74, 6) is 0. The van der Waals surface area contributed by atoms with Crippen LogP contribution >= 0.6 is 0 Å². The van der Waals surface area contributed by atoms with Crippen LogP contribution in [-0.4, -0.2) is 5.71 Å². The molecule has 0 aliphatic heterocycles. The Morgan fingerprint density at radius 2 is 1.07 bits per heavy atom. The Morgan fingerprint density at radius 3 is 1.61 bits per heavy atom. The quantitative estimate of drug-likeness (QED) is 0.0395. The van der Waals surface area contributed by atoms with Gasteiger partial charge in [0.25, 0.3) is 0 Å². The minimum atomic E-state index is 0.0138. The van der Waals surface area contributed by atoms with Crippen LogP contribution in [0.1, 0.15) is 224 Å². The average Bonchev–Trinajstić information content (AvgIpc) is 3.64. The molecule has 0 aromatic heterocycles. The maximum Gasteiger partial charge on any atom is 0.0781 e. The van der Waals surface area contributed by atoms with E-state index in [1.165, 1.54) is 131 Å². The first-order valence-electron chi connectivity index (χ1n) is 27.9. The number of rotatable bonds is 21. The Balaban J connectivity index is 1.56. The van der Waals surface area contributed by atoms with Gasteiger partial charge in [0, 0.05) is 22.1 Å². The molecule has 0 N–H and O–H groups in total. The van der Waals surface area contributed by atoms with Gasteiger partial charge in [-0.3, -0.25) is 0 Å². The second kappa shape index (κ2) is 24.5. The molecule has 1 heteroatoms. The van der Waals surface area contributed by atoms with Crippen molar-refractivity contribution < 1.29 is 0 Å². The molecule has 0 bridgehead atoms. The number of hydrogen-bond acceptors (Lipinski definition) is 1. The zero-order chi connectivity index (χ0) is 52.4. The summed E-state index contributed by atoms with van der Waals surface area (Å²) in [5.41, 5.74) is 25.5. The fourth-order valence-corrected chi connectivity index (χ4v) is 11.2. The van der Waals surface area contributed by atoms with Crippen LogP contribution in [0.5, 0.6) is 0 Å². The molecule has 0 saturated carbocycles. The highest BCUT2D eigenvalue weighted by Gasteiger charge is 2.43. The molecular weight excluding hydrogens is 867 g/mol. The molecule has 0 saturated heterocycles. The molecule has 0 spiro atoms. The molecule has 380 valence electrons. The van der Waals surface area contributed by atoms with Crippen molar-refractivity contribution in [1.82, 2.24) is 0 Å². The zero-order valence-corrected chi connectivity index (χ0v) is 47.7. The summed E-state index contributed by atoms with van der Waals surface area (Å²) < 4.78 is 0. The number of aliphatic imine (C=N–C) groups is 1. The SMILES string of the molecule is C=C(C(=Nc1c(/C(C)=C/C(CC)=C(\C)c2ccc3c(c2)C(CCCCCC)(CCCCCC)c2cc(C(C)(C)C)ccc2-3)ccc(/C(C)=C/C(CC)=C(\C)C(C)(C)C)c1C)c1ccccc1)c1ccccc1. The van der Waals surface area contributed by atoms with Gasteiger partial charge in [0.1, 0.15) is 0 Å². The summed E-state index contributed by atoms with van der Waals surface area (Å²) in [5, 5.41) is 0. The van der Waals surface area contributed by atoms with E-state index >= 15 is 0 Å². The third-order valence-electron chi connectivity index (χ3n) is 16.2. The summed E-state index contributed by atoms with van der Waals surface area (Å²) in [4.78, 5) is 5.77. The molecule has 0 amide bonds. The Labute approximate surface area is 439 Å². The van der Waals surface area contributed by atoms with E-state index in [4.69, 9.17) is 11.6 Å². The minimum absolute atomic E-state index is 0.0138. The smallest absolute Gasteiger partial charge is 0.0781 e. The summed E-state index contributed by atoms with van der Waals surface area (Å²) >= 11 is 0. The van der Waals surface area contributed by atoms with Crippen molar-refractivity contribution in [2.24, 2.45) is 10.4 Å². The van der Waals surface area contributed by atoms with Gasteiger partial charge in [0.2, 0.25) is 0 Å². The maximum atomic E-state index is 5.77. The minimum Gasteiger partial charge on any atom is -0.247 e. The van der Waals surface area contributed by atoms with Crippen molar-refractivity contribution in [1.29, 1.82) is 0 Å². The predicted molar refractivity (Wildman–Crippen MR) is 321 cm³/mol. The lowest BCUT2D eigenvalue weighted by atomic mass is 9.69. The molecule has 5 aromatic carbocycles. The van der Waals surface area contributed by atoms with Crippen LogP contribution in [0.2, 0.25) is 0 Å². The Hall–Kier alpha value is -5.53. The first kappa shape index (κ1) is 55.8. The van der Waals surface area contributed by atoms with Gasteiger partial charge in [0.05, 0.1) is 11.4 Å². The number of unbranched alkanes of at least 4 members (excludes halogenated alkanes) is 6. The van der Waals surface area contributed by atoms with Crippen LogP contribution in [0, 0.1) is 12.3 Å². The highest BCUT2D eigenvalue weighted by molar-refractivity contribution is 6.32. The normalized spacial score (nSPS) is 14.7. The number of benzene rings is 5. The van der Waals surface area contributed by atoms with Gasteiger partial charge in [-0.15, -0.1) is 0 Å². The van der Waals surface area contributed by atoms with Crippen LogP contribution in [0.3, 0.4) is 0 Å². The van der Waals surface area contributed by atoms with Gasteiger partial charge < -0.3 is 0 Å². The second-order valence-electron chi connectivity index (χ2n) is 23.2. The number of fused-ring (bicyclic) bond motifs is 3. The van der Waals surface area contributed by atoms with Crippen LogP contribution in [0.25, 0.3) is 33.4 Å². The van der Waals surface area contributed by atoms with Gasteiger partial charge in [-0.05, 0) is 155 Å². The van der Waals surface area contributed by atoms with Crippen molar-refractivity contribution in [3.05, 3.63) is 195 Å². The molecule has 0 heterocycles. The van der Waals surface area contributed by atoms with Crippen LogP contribution in [0.4, 0.5) is 5.69 Å². The van der Waals surface area contributed by atoms with E-state index in [1.807, 2.05) is 0 Å². The number of hydrogen-bond donors (Lipinski definition) is 0. The molecule has 6 rings (SSSR count). The first-order chi connectivity index (χ1) is 34.3. The molecule has 1 nitrogen and oxygen atoms in total. The lowest BCUT2D eigenvalue weighted by molar-refractivity contribution is 0.400. The highest BCUT2D eigenvalue weighted by Crippen LogP contribution is 2.56. The molecular formula is C71H91N. The first-order valence-corrected chi connectivity index (χ1v) is 27.9. The standard InChI is InChI=1S/C71H91N/c1-17-21-23-31-43-71(44-32-24-22-18-2)65-47-59(37-39-63(65)64-40-38-60(48-66(64)71)70(14,15)16)51(7)55(19-3)45-50(6)62-42-41-61(49(5)46-56(20-4)54(10)69(11,12)13)53(9)68(62)72-67(58-35-29-26-30-36-58)52(8)57-33-27-25-28-34-57/h25-30,33-42,45-48H,8,17-24,31-32,43-44H2,1-7,9-16H3/b49-46+,50-45+,55-51+,56-54+,72-67?. The summed E-state index contributed by atoms with van der Waals surface area (Å²) in [7, 11) is 0. The molecule has 5 aromatic rings. The molecule has 0 atom stereocenters. The summed E-state index contributed by atoms with van der Waals surface area (Å²) in [6, 6.07) is 40.8. The maximum absolute atomic E-state index is 5.77. The van der Waals surface area contributed by atoms with Crippen molar-refractivity contribution in [3.63, 3.8) is 0 Å². The van der Waals surface area contributed by atoms with Crippen LogP contribution in [-0.2, 0) is 10.8 Å². The van der Waals surface area contributed by atoms with Gasteiger partial charge in [-0.25, -0.2) is 4.99 Å². The van der Waals surface area contributed by atoms with Gasteiger partial charge in [0.15, 0.2) is 0 Å². The lowest BCUT2D eigenvalue weighted by Gasteiger charge is -2.34. The third kappa shape index (κ3) is 12.6. The topological polar surface area (TPSA) is 12.4 Å². The molecule has 1 aliphatic rings. The van der Waals surface area contributed by atoms with Crippen LogP contribution in [0.15, 0.2) is 150 Å². The average molecular weight is 959 g/mol. The van der Waals surface area contributed by atoms with Crippen molar-refractivity contribution in [2.45, 2.75) is 192 Å². The fraction of sp³-hybridized carbons (Fsp3) is 0.423. The Kier molecular flexibility index (Phi) is 19.0. The Bertz CT molecular complexity index is 2820. The predicted octanol–water partition coefficient (Wildman–Crippen LogP) is 21.8. The fourth-order valence-electron chi connectivity index (χ4n) is 11.2. The lowest BCUT2D eigenvalue weighted by Crippen LogP contribution is -2.26. The van der Waals surface area contributed by atoms with Crippen LogP contribution < -0.4 is 0 Å². The second-order valence-corrected chi connectivity index (χ2v) is 23.2. The third-order valence-corrected chi connectivity index (χ3v) is 16.2. The molecule has 72 heavy (non-hydrogen) atoms. The van der Waals surface area contributed by atoms with Crippen molar-refractivity contribution in [3.8, 4) is 11.1 Å². The van der Waals surface area contributed by atoms with Crippen molar-refractivity contribution >= 4 is 33.7 Å². The molecule has 0 radical (unpaired) electrons. The van der Waals surface area contributed by atoms with E-state index in [-0.39, 0.29) is 16.2 Å². The highest BCUT2D eigenvalue weighted by atomic mass is 14.8. The van der Waals surface area contributed by atoms with Crippen molar-refractivity contribution in [2.75, 3.05) is 0 Å². The molecule has 0 unspecified atom stereocenters. The van der Waals surface area contributed by atoms with Gasteiger partial charge in [-0.2, -0.15) is 0 Å². The summed E-state index contributed by atoms with van der Waals surface area (Å²) in [6.45, 7) is 39.6. The van der Waals surface area contributed by atoms with Gasteiger partial charge in [-0.1, -0.05) is 248 Å². The zero-order valence-electron chi connectivity index (χ0n) is 47.7. The summed E-state index contributed by atoms with van der Waals surface area (Å²) in [6.07, 6.45) is 19.4. The number of allylic oxidation sites excluding steroid dienone is 9. The Morgan fingerprint density at radius 1 is 0.556 bits per heavy atom.